The van der Waals surface area contributed by atoms with Crippen molar-refractivity contribution in [3.05, 3.63) is 0 Å². The van der Waals surface area contributed by atoms with Gasteiger partial charge in [-0.2, -0.15) is 0 Å². The summed E-state index contributed by atoms with van der Waals surface area (Å²) >= 11 is 0. The van der Waals surface area contributed by atoms with E-state index in [1.165, 1.54) is 89.9 Å². The van der Waals surface area contributed by atoms with Crippen LogP contribution in [0.3, 0.4) is 0 Å². The van der Waals surface area contributed by atoms with Crippen molar-refractivity contribution < 1.29 is 61.6 Å². The van der Waals surface area contributed by atoms with Gasteiger partial charge in [0.1, 0.15) is 0 Å². The van der Waals surface area contributed by atoms with Gasteiger partial charge in [0.15, 0.2) is 0 Å². The van der Waals surface area contributed by atoms with Crippen molar-refractivity contribution in [1.82, 2.24) is 0 Å². The van der Waals surface area contributed by atoms with Gasteiger partial charge in [0, 0.05) is 13.2 Å². The highest BCUT2D eigenvalue weighted by atomic mass is 16.6. The Morgan fingerprint density at radius 3 is 0.456 bits per heavy atom. The Balaban J connectivity index is 3.05. The Hall–Kier alpha value is -0.520. The van der Waals surface area contributed by atoms with E-state index in [4.69, 9.17) is 61.6 Å². The van der Waals surface area contributed by atoms with Crippen molar-refractivity contribution in [1.29, 1.82) is 0 Å². The van der Waals surface area contributed by atoms with E-state index in [0.717, 1.165) is 26.1 Å². The topological polar surface area (TPSA) is 120 Å². The van der Waals surface area contributed by atoms with E-state index < -0.39 is 0 Å². The molecule has 0 rings (SSSR count). The highest BCUT2D eigenvalue weighted by Gasteiger charge is 1.98. The molecule has 0 atom stereocenters. The zero-order chi connectivity index (χ0) is 40.9. The molecule has 0 unspecified atom stereocenters. The maximum atomic E-state index is 5.68. The summed E-state index contributed by atoms with van der Waals surface area (Å²) in [6.07, 6.45) is 21.3. The summed E-state index contributed by atoms with van der Waals surface area (Å²) in [6.45, 7) is 19.3. The highest BCUT2D eigenvalue weighted by molar-refractivity contribution is 4.49. The minimum atomic E-state index is 0.517. The van der Waals surface area contributed by atoms with Gasteiger partial charge in [0.25, 0.3) is 0 Å². The van der Waals surface area contributed by atoms with Crippen LogP contribution in [0.1, 0.15) is 117 Å². The lowest BCUT2D eigenvalue weighted by molar-refractivity contribution is -0.0290. The standard InChI is InChI=1S/C44H90O13/c1-3-5-7-8-9-10-11-12-13-14-15-16-18-20-46-22-24-48-26-28-50-30-32-52-34-36-54-38-40-56-42-44-57-43-41-55-39-37-53-35-33-51-31-29-49-27-25-47-23-21-45-19-17-6-4-2/h3-44H2,1-2H3. The fraction of sp³-hybridized carbons (Fsp3) is 1.00. The molecule has 344 valence electrons. The normalized spacial score (nSPS) is 11.7. The van der Waals surface area contributed by atoms with E-state index in [-0.39, 0.29) is 0 Å². The Morgan fingerprint density at radius 1 is 0.140 bits per heavy atom. The fourth-order valence-electron chi connectivity index (χ4n) is 5.42. The molecule has 0 aliphatic carbocycles. The van der Waals surface area contributed by atoms with Crippen molar-refractivity contribution >= 4 is 0 Å². The van der Waals surface area contributed by atoms with Crippen LogP contribution in [-0.4, -0.2) is 172 Å². The molecule has 0 aliphatic heterocycles. The highest BCUT2D eigenvalue weighted by Crippen LogP contribution is 2.12. The predicted molar refractivity (Wildman–Crippen MR) is 226 cm³/mol. The molecule has 0 aromatic heterocycles. The van der Waals surface area contributed by atoms with Gasteiger partial charge in [-0.1, -0.05) is 104 Å². The van der Waals surface area contributed by atoms with Crippen LogP contribution in [0.4, 0.5) is 0 Å². The first-order valence-corrected chi connectivity index (χ1v) is 22.9. The maximum absolute atomic E-state index is 5.68. The van der Waals surface area contributed by atoms with E-state index in [1.54, 1.807) is 0 Å². The van der Waals surface area contributed by atoms with Crippen LogP contribution in [0.15, 0.2) is 0 Å². The summed E-state index contributed by atoms with van der Waals surface area (Å²) in [4.78, 5) is 0. The SMILES string of the molecule is CCCCCCCCCCCCCCCOCCOCCOCCOCCOCCOCCOCCOCCOCCOCCOCCOCCOCCCCC. The summed E-state index contributed by atoms with van der Waals surface area (Å²) in [5.74, 6) is 0. The van der Waals surface area contributed by atoms with Crippen molar-refractivity contribution in [3.63, 3.8) is 0 Å². The molecule has 0 aromatic carbocycles. The molecular weight excluding hydrogens is 736 g/mol. The predicted octanol–water partition coefficient (Wildman–Crippen LogP) is 7.48. The smallest absolute Gasteiger partial charge is 0.0701 e. The quantitative estimate of drug-likeness (QED) is 0.0565. The third-order valence-electron chi connectivity index (χ3n) is 8.75. The molecule has 0 N–H and O–H groups in total. The lowest BCUT2D eigenvalue weighted by atomic mass is 10.0. The second-order valence-corrected chi connectivity index (χ2v) is 13.9. The second kappa shape index (κ2) is 55.5. The van der Waals surface area contributed by atoms with E-state index in [0.29, 0.717) is 159 Å². The van der Waals surface area contributed by atoms with Crippen LogP contribution >= 0.6 is 0 Å². The number of hydrogen-bond acceptors (Lipinski definition) is 13. The molecule has 57 heavy (non-hydrogen) atoms. The van der Waals surface area contributed by atoms with Crippen molar-refractivity contribution in [3.8, 4) is 0 Å². The van der Waals surface area contributed by atoms with Gasteiger partial charge in [0.2, 0.25) is 0 Å². The average molecular weight is 827 g/mol. The summed E-state index contributed by atoms with van der Waals surface area (Å²) in [6, 6.07) is 0. The number of rotatable bonds is 54. The number of hydrogen-bond donors (Lipinski definition) is 0. The molecule has 0 amide bonds. The van der Waals surface area contributed by atoms with Crippen LogP contribution in [0.2, 0.25) is 0 Å². The van der Waals surface area contributed by atoms with E-state index in [1.807, 2.05) is 0 Å². The summed E-state index contributed by atoms with van der Waals surface area (Å²) < 4.78 is 71.9. The van der Waals surface area contributed by atoms with Gasteiger partial charge < -0.3 is 61.6 Å². The summed E-state index contributed by atoms with van der Waals surface area (Å²) in [5.41, 5.74) is 0. The van der Waals surface area contributed by atoms with Crippen LogP contribution in [0.25, 0.3) is 0 Å². The van der Waals surface area contributed by atoms with Gasteiger partial charge in [-0.25, -0.2) is 0 Å². The molecule has 0 aromatic rings. The second-order valence-electron chi connectivity index (χ2n) is 13.9. The van der Waals surface area contributed by atoms with Crippen LogP contribution < -0.4 is 0 Å². The zero-order valence-electron chi connectivity index (χ0n) is 37.0. The van der Waals surface area contributed by atoms with Gasteiger partial charge in [-0.15, -0.1) is 0 Å². The van der Waals surface area contributed by atoms with Crippen molar-refractivity contribution in [2.24, 2.45) is 0 Å². The molecule has 0 radical (unpaired) electrons. The monoisotopic (exact) mass is 827 g/mol. The lowest BCUT2D eigenvalue weighted by Crippen LogP contribution is -2.15. The van der Waals surface area contributed by atoms with E-state index in [9.17, 15) is 0 Å². The largest absolute Gasteiger partial charge is 0.379 e. The fourth-order valence-corrected chi connectivity index (χ4v) is 5.42. The average Bonchev–Trinajstić information content (AvgIpc) is 3.22. The Kier molecular flexibility index (Phi) is 55.0. The summed E-state index contributed by atoms with van der Waals surface area (Å²) in [5, 5.41) is 0. The molecule has 0 bridgehead atoms. The molecule has 0 aliphatic rings. The van der Waals surface area contributed by atoms with Crippen molar-refractivity contribution in [2.45, 2.75) is 117 Å². The number of ether oxygens (including phenoxy) is 13. The Bertz CT molecular complexity index is 626. The molecule has 0 spiro atoms. The lowest BCUT2D eigenvalue weighted by Gasteiger charge is -2.09. The molecule has 13 heteroatoms. The van der Waals surface area contributed by atoms with Gasteiger partial charge >= 0.3 is 0 Å². The Morgan fingerprint density at radius 2 is 0.263 bits per heavy atom. The van der Waals surface area contributed by atoms with Gasteiger partial charge in [-0.05, 0) is 12.8 Å². The molecule has 0 saturated carbocycles. The third-order valence-corrected chi connectivity index (χ3v) is 8.75. The molecular formula is C44H90O13. The molecule has 0 saturated heterocycles. The third kappa shape index (κ3) is 55.5. The first-order valence-electron chi connectivity index (χ1n) is 22.9. The first kappa shape index (κ1) is 56.5. The van der Waals surface area contributed by atoms with Crippen LogP contribution in [0, 0.1) is 0 Å². The summed E-state index contributed by atoms with van der Waals surface area (Å²) in [7, 11) is 0. The molecule has 0 fully saturated rings. The van der Waals surface area contributed by atoms with E-state index >= 15 is 0 Å². The zero-order valence-corrected chi connectivity index (χ0v) is 37.0. The Labute approximate surface area is 349 Å². The molecule has 13 nitrogen and oxygen atoms in total. The molecule has 0 heterocycles. The van der Waals surface area contributed by atoms with Crippen LogP contribution in [0.5, 0.6) is 0 Å². The number of unbranched alkanes of at least 4 members (excludes halogenated alkanes) is 14. The van der Waals surface area contributed by atoms with Gasteiger partial charge in [-0.3, -0.25) is 0 Å². The van der Waals surface area contributed by atoms with Crippen LogP contribution in [-0.2, 0) is 61.6 Å². The van der Waals surface area contributed by atoms with Crippen molar-refractivity contribution in [2.75, 3.05) is 172 Å². The minimum absolute atomic E-state index is 0.517. The minimum Gasteiger partial charge on any atom is -0.379 e. The van der Waals surface area contributed by atoms with Gasteiger partial charge in [0.05, 0.1) is 159 Å². The van der Waals surface area contributed by atoms with E-state index in [2.05, 4.69) is 13.8 Å². The maximum Gasteiger partial charge on any atom is 0.0701 e. The first-order chi connectivity index (χ1) is 28.4.